The average molecular weight is 324 g/mol. The molecule has 0 radical (unpaired) electrons. The molecule has 4 unspecified atom stereocenters. The van der Waals surface area contributed by atoms with Gasteiger partial charge in [0.2, 0.25) is 0 Å². The van der Waals surface area contributed by atoms with Crippen molar-refractivity contribution >= 4 is 29.6 Å². The van der Waals surface area contributed by atoms with Crippen molar-refractivity contribution in [1.82, 2.24) is 10.2 Å². The number of rotatable bonds is 3. The fraction of sp³-hybridized carbons (Fsp3) is 0.583. The Bertz CT molecular complexity index is 446. The van der Waals surface area contributed by atoms with E-state index in [0.29, 0.717) is 5.75 Å². The summed E-state index contributed by atoms with van der Waals surface area (Å²) in [5.41, 5.74) is -0.156. The number of hydrogen-bond acceptors (Lipinski definition) is 4. The van der Waals surface area contributed by atoms with E-state index in [1.54, 1.807) is 17.3 Å². The van der Waals surface area contributed by atoms with Crippen molar-refractivity contribution in [2.45, 2.75) is 29.6 Å². The summed E-state index contributed by atoms with van der Waals surface area (Å²) >= 11 is 7.55. The fourth-order valence-electron chi connectivity index (χ4n) is 2.06. The van der Waals surface area contributed by atoms with Crippen LogP contribution in [-0.2, 0) is 0 Å². The maximum absolute atomic E-state index is 12.6. The zero-order chi connectivity index (χ0) is 14.8. The Morgan fingerprint density at radius 2 is 2.30 bits per heavy atom. The van der Waals surface area contributed by atoms with Crippen molar-refractivity contribution < 1.29 is 13.2 Å². The molecule has 0 amide bonds. The first-order valence-electron chi connectivity index (χ1n) is 5.93. The Balaban J connectivity index is 2.06. The quantitative estimate of drug-likeness (QED) is 0.639. The van der Waals surface area contributed by atoms with Gasteiger partial charge in [0, 0.05) is 18.6 Å². The summed E-state index contributed by atoms with van der Waals surface area (Å²) in [5.74, 6) is 1.42. The topological polar surface area (TPSA) is 27.6 Å². The van der Waals surface area contributed by atoms with Crippen LogP contribution < -0.4 is 5.32 Å². The molecule has 0 aliphatic carbocycles. The van der Waals surface area contributed by atoms with Crippen LogP contribution >= 0.6 is 23.4 Å². The largest absolute Gasteiger partial charge is 0.396 e. The number of alkyl halides is 4. The van der Waals surface area contributed by atoms with Gasteiger partial charge in [0.05, 0.1) is 17.0 Å². The van der Waals surface area contributed by atoms with Crippen molar-refractivity contribution in [3.05, 3.63) is 12.4 Å². The van der Waals surface area contributed by atoms with Crippen LogP contribution in [0, 0.1) is 18.3 Å². The second-order valence-electron chi connectivity index (χ2n) is 4.41. The van der Waals surface area contributed by atoms with Gasteiger partial charge in [-0.1, -0.05) is 5.92 Å². The summed E-state index contributed by atoms with van der Waals surface area (Å²) in [6.07, 6.45) is 4.63. The Hall–Kier alpha value is -1.00. The fourth-order valence-corrected chi connectivity index (χ4v) is 3.24. The molecular weight excluding hydrogens is 311 g/mol. The van der Waals surface area contributed by atoms with Gasteiger partial charge in [0.25, 0.3) is 0 Å². The Kier molecular flexibility index (Phi) is 4.76. The molecule has 3 nitrogen and oxygen atoms in total. The summed E-state index contributed by atoms with van der Waals surface area (Å²) in [7, 11) is 0. The van der Waals surface area contributed by atoms with Crippen LogP contribution in [0.25, 0.3) is 0 Å². The highest BCUT2D eigenvalue weighted by Crippen LogP contribution is 2.36. The molecule has 2 rings (SSSR count). The highest BCUT2D eigenvalue weighted by molar-refractivity contribution is 8.00. The van der Waals surface area contributed by atoms with Gasteiger partial charge in [-0.25, -0.2) is 0 Å². The van der Waals surface area contributed by atoms with Crippen molar-refractivity contribution in [2.75, 3.05) is 5.75 Å². The number of halogens is 4. The first kappa shape index (κ1) is 15.4. The molecule has 2 heterocycles. The summed E-state index contributed by atoms with van der Waals surface area (Å²) in [6, 6.07) is 0. The predicted octanol–water partition coefficient (Wildman–Crippen LogP) is 2.60. The number of terminal acetylenes is 1. The Morgan fingerprint density at radius 1 is 1.55 bits per heavy atom. The standard InChI is InChI=1S/C12H13ClF3N3S/c1-2-5-20-11-17-3-4-19(11)10-9(13)6-8(7-18-10)12(14,15)16/h1,3-4,7-11,17H,5-6H2. The first-order chi connectivity index (χ1) is 9.43. The van der Waals surface area contributed by atoms with Gasteiger partial charge in [0.15, 0.2) is 0 Å². The molecule has 1 N–H and O–H groups in total. The van der Waals surface area contributed by atoms with Gasteiger partial charge in [-0.3, -0.25) is 4.99 Å². The molecule has 0 bridgehead atoms. The van der Waals surface area contributed by atoms with E-state index >= 15 is 0 Å². The normalized spacial score (nSPS) is 33.0. The zero-order valence-electron chi connectivity index (χ0n) is 10.3. The molecule has 0 saturated carbocycles. The predicted molar refractivity (Wildman–Crippen MR) is 75.3 cm³/mol. The third-order valence-corrected chi connectivity index (χ3v) is 4.46. The number of hydrogen-bond donors (Lipinski definition) is 1. The minimum absolute atomic E-state index is 0.156. The minimum Gasteiger partial charge on any atom is -0.361 e. The molecule has 0 spiro atoms. The maximum atomic E-state index is 12.6. The molecule has 0 aromatic rings. The molecule has 2 aliphatic rings. The highest BCUT2D eigenvalue weighted by atomic mass is 35.5. The third kappa shape index (κ3) is 3.36. The first-order valence-corrected chi connectivity index (χ1v) is 7.41. The van der Waals surface area contributed by atoms with Gasteiger partial charge < -0.3 is 10.2 Å². The van der Waals surface area contributed by atoms with Gasteiger partial charge in [-0.05, 0) is 6.42 Å². The molecule has 0 saturated heterocycles. The summed E-state index contributed by atoms with van der Waals surface area (Å²) in [4.78, 5) is 5.79. The van der Waals surface area contributed by atoms with E-state index in [4.69, 9.17) is 18.0 Å². The summed E-state index contributed by atoms with van der Waals surface area (Å²) in [6.45, 7) is 0. The van der Waals surface area contributed by atoms with Crippen LogP contribution in [-0.4, -0.2) is 40.1 Å². The monoisotopic (exact) mass is 323 g/mol. The van der Waals surface area contributed by atoms with Crippen LogP contribution in [0.2, 0.25) is 0 Å². The van der Waals surface area contributed by atoms with Crippen molar-refractivity contribution in [1.29, 1.82) is 0 Å². The second kappa shape index (κ2) is 6.19. The lowest BCUT2D eigenvalue weighted by Crippen LogP contribution is -2.47. The molecule has 20 heavy (non-hydrogen) atoms. The SMILES string of the molecule is C#CCSC1NC=CN1C1N=CC(C(F)(F)F)CC1Cl. The average Bonchev–Trinajstić information content (AvgIpc) is 2.83. The lowest BCUT2D eigenvalue weighted by atomic mass is 9.99. The lowest BCUT2D eigenvalue weighted by Gasteiger charge is -2.36. The van der Waals surface area contributed by atoms with E-state index in [2.05, 4.69) is 16.2 Å². The van der Waals surface area contributed by atoms with Crippen LogP contribution in [0.4, 0.5) is 13.2 Å². The second-order valence-corrected chi connectivity index (χ2v) is 6.04. The molecule has 0 aromatic carbocycles. The van der Waals surface area contributed by atoms with Crippen molar-refractivity contribution in [3.8, 4) is 12.3 Å². The molecule has 110 valence electrons. The molecule has 4 atom stereocenters. The molecule has 0 aromatic heterocycles. The van der Waals surface area contributed by atoms with Gasteiger partial charge in [-0.2, -0.15) is 13.2 Å². The maximum Gasteiger partial charge on any atom is 0.396 e. The molecule has 8 heteroatoms. The number of thioether (sulfide) groups is 1. The van der Waals surface area contributed by atoms with Gasteiger partial charge in [-0.15, -0.1) is 29.8 Å². The number of nitrogens with zero attached hydrogens (tertiary/aromatic N) is 2. The third-order valence-electron chi connectivity index (χ3n) is 3.03. The Labute approximate surface area is 124 Å². The van der Waals surface area contributed by atoms with Gasteiger partial charge >= 0.3 is 6.18 Å². The zero-order valence-corrected chi connectivity index (χ0v) is 11.9. The molecular formula is C12H13ClF3N3S. The lowest BCUT2D eigenvalue weighted by molar-refractivity contribution is -0.157. The van der Waals surface area contributed by atoms with E-state index in [0.717, 1.165) is 6.21 Å². The molecule has 2 aliphatic heterocycles. The van der Waals surface area contributed by atoms with E-state index < -0.39 is 23.6 Å². The van der Waals surface area contributed by atoms with E-state index in [1.807, 2.05) is 0 Å². The van der Waals surface area contributed by atoms with Crippen molar-refractivity contribution in [3.63, 3.8) is 0 Å². The van der Waals surface area contributed by atoms with Crippen LogP contribution in [0.5, 0.6) is 0 Å². The number of nitrogens with one attached hydrogen (secondary N) is 1. The van der Waals surface area contributed by atoms with Crippen molar-refractivity contribution in [2.24, 2.45) is 10.9 Å². The minimum atomic E-state index is -4.29. The highest BCUT2D eigenvalue weighted by Gasteiger charge is 2.44. The Morgan fingerprint density at radius 3 is 2.90 bits per heavy atom. The number of aliphatic imine (C=N–C) groups is 1. The summed E-state index contributed by atoms with van der Waals surface area (Å²) in [5, 5.41) is 2.36. The van der Waals surface area contributed by atoms with Crippen LogP contribution in [0.15, 0.2) is 17.4 Å². The smallest absolute Gasteiger partial charge is 0.361 e. The molecule has 0 fully saturated rings. The van der Waals surface area contributed by atoms with Crippen LogP contribution in [0.3, 0.4) is 0 Å². The van der Waals surface area contributed by atoms with Gasteiger partial charge in [0.1, 0.15) is 11.7 Å². The van der Waals surface area contributed by atoms with E-state index in [9.17, 15) is 13.2 Å². The van der Waals surface area contributed by atoms with E-state index in [1.165, 1.54) is 11.8 Å². The van der Waals surface area contributed by atoms with E-state index in [-0.39, 0.29) is 11.9 Å². The summed E-state index contributed by atoms with van der Waals surface area (Å²) < 4.78 is 37.9. The van der Waals surface area contributed by atoms with Crippen LogP contribution in [0.1, 0.15) is 6.42 Å².